The first kappa shape index (κ1) is 20.1. The average Bonchev–Trinajstić information content (AvgIpc) is 2.73. The molecule has 0 aliphatic rings. The number of carbonyl (C=O) groups excluding carboxylic acids is 1. The molecular weight excluding hydrogens is 392 g/mol. The highest BCUT2D eigenvalue weighted by molar-refractivity contribution is 7.92. The van der Waals surface area contributed by atoms with Crippen LogP contribution in [0.1, 0.15) is 22.0 Å². The Morgan fingerprint density at radius 3 is 1.90 bits per heavy atom. The van der Waals surface area contributed by atoms with Gasteiger partial charge in [0.1, 0.15) is 0 Å². The summed E-state index contributed by atoms with van der Waals surface area (Å²) in [4.78, 5) is 24.1. The minimum atomic E-state index is -3.74. The van der Waals surface area contributed by atoms with E-state index in [4.69, 9.17) is 0 Å². The van der Waals surface area contributed by atoms with E-state index < -0.39 is 27.9 Å². The smallest absolute Gasteiger partial charge is 0.330 e. The Morgan fingerprint density at radius 2 is 1.34 bits per heavy atom. The summed E-state index contributed by atoms with van der Waals surface area (Å²) in [7, 11) is -3.74. The van der Waals surface area contributed by atoms with Gasteiger partial charge in [0.15, 0.2) is 6.04 Å². The lowest BCUT2D eigenvalue weighted by Crippen LogP contribution is -2.33. The third-order valence-electron chi connectivity index (χ3n) is 4.11. The number of carboxylic acids is 1. The third kappa shape index (κ3) is 4.99. The molecule has 0 saturated carbocycles. The maximum absolute atomic E-state index is 12.4. The van der Waals surface area contributed by atoms with Gasteiger partial charge in [-0.3, -0.25) is 9.52 Å². The summed E-state index contributed by atoms with van der Waals surface area (Å²) in [6, 6.07) is 20.8. The lowest BCUT2D eigenvalue weighted by Gasteiger charge is -2.15. The standard InChI is InChI=1S/C21H18N2O5S/c24-20(22-19(21(25)26)15-7-3-1-4-8-15)16-11-13-17(14-12-16)23-29(27,28)18-9-5-2-6-10-18/h1-14,19,23H,(H,22,24)(H,25,26). The first-order chi connectivity index (χ1) is 13.9. The second-order valence-corrected chi connectivity index (χ2v) is 7.83. The van der Waals surface area contributed by atoms with Gasteiger partial charge in [0.2, 0.25) is 0 Å². The predicted molar refractivity (Wildman–Crippen MR) is 108 cm³/mol. The minimum Gasteiger partial charge on any atom is -0.479 e. The van der Waals surface area contributed by atoms with Gasteiger partial charge in [-0.15, -0.1) is 0 Å². The molecule has 1 unspecified atom stereocenters. The van der Waals surface area contributed by atoms with Crippen LogP contribution in [0, 0.1) is 0 Å². The van der Waals surface area contributed by atoms with Crippen LogP contribution < -0.4 is 10.0 Å². The summed E-state index contributed by atoms with van der Waals surface area (Å²) in [5.41, 5.74) is 0.929. The number of amides is 1. The molecule has 3 aromatic carbocycles. The molecule has 3 N–H and O–H groups in total. The van der Waals surface area contributed by atoms with Crippen LogP contribution in [0.3, 0.4) is 0 Å². The normalized spacial score (nSPS) is 12.0. The van der Waals surface area contributed by atoms with Crippen molar-refractivity contribution in [2.45, 2.75) is 10.9 Å². The lowest BCUT2D eigenvalue weighted by atomic mass is 10.1. The summed E-state index contributed by atoms with van der Waals surface area (Å²) >= 11 is 0. The quantitative estimate of drug-likeness (QED) is 0.554. The summed E-state index contributed by atoms with van der Waals surface area (Å²) in [5.74, 6) is -1.77. The van der Waals surface area contributed by atoms with Crippen molar-refractivity contribution in [2.24, 2.45) is 0 Å². The first-order valence-corrected chi connectivity index (χ1v) is 10.1. The molecule has 3 aromatic rings. The molecule has 3 rings (SSSR count). The Bertz CT molecular complexity index is 1100. The van der Waals surface area contributed by atoms with E-state index in [1.165, 1.54) is 36.4 Å². The molecule has 1 amide bonds. The van der Waals surface area contributed by atoms with Gasteiger partial charge in [0.25, 0.3) is 15.9 Å². The van der Waals surface area contributed by atoms with E-state index in [2.05, 4.69) is 10.0 Å². The molecular formula is C21H18N2O5S. The summed E-state index contributed by atoms with van der Waals surface area (Å²) < 4.78 is 27.1. The van der Waals surface area contributed by atoms with E-state index >= 15 is 0 Å². The Labute approximate surface area is 168 Å². The maximum Gasteiger partial charge on any atom is 0.330 e. The molecule has 0 fully saturated rings. The maximum atomic E-state index is 12.4. The second kappa shape index (κ2) is 8.57. The molecule has 0 spiro atoms. The van der Waals surface area contributed by atoms with Gasteiger partial charge in [-0.2, -0.15) is 0 Å². The zero-order valence-electron chi connectivity index (χ0n) is 15.1. The van der Waals surface area contributed by atoms with E-state index in [-0.39, 0.29) is 16.1 Å². The molecule has 0 aliphatic heterocycles. The molecule has 1 atom stereocenters. The van der Waals surface area contributed by atoms with Crippen LogP contribution in [0.15, 0.2) is 89.8 Å². The van der Waals surface area contributed by atoms with Gasteiger partial charge in [0.05, 0.1) is 4.90 Å². The number of carboxylic acid groups (broad SMARTS) is 1. The number of rotatable bonds is 7. The monoisotopic (exact) mass is 410 g/mol. The molecule has 148 valence electrons. The van der Waals surface area contributed by atoms with Gasteiger partial charge >= 0.3 is 5.97 Å². The molecule has 0 bridgehead atoms. The molecule has 7 nitrogen and oxygen atoms in total. The van der Waals surface area contributed by atoms with Gasteiger partial charge in [-0.25, -0.2) is 13.2 Å². The number of hydrogen-bond donors (Lipinski definition) is 3. The Balaban J connectivity index is 1.72. The largest absolute Gasteiger partial charge is 0.479 e. The highest BCUT2D eigenvalue weighted by Gasteiger charge is 2.22. The van der Waals surface area contributed by atoms with Crippen LogP contribution in [-0.4, -0.2) is 25.4 Å². The van der Waals surface area contributed by atoms with Crippen molar-refractivity contribution in [3.05, 3.63) is 96.1 Å². The number of benzene rings is 3. The number of nitrogens with one attached hydrogen (secondary N) is 2. The molecule has 29 heavy (non-hydrogen) atoms. The Hall–Kier alpha value is -3.65. The molecule has 0 radical (unpaired) electrons. The van der Waals surface area contributed by atoms with Crippen LogP contribution in [-0.2, 0) is 14.8 Å². The molecule has 0 saturated heterocycles. The fraction of sp³-hybridized carbons (Fsp3) is 0.0476. The fourth-order valence-electron chi connectivity index (χ4n) is 2.65. The molecule has 8 heteroatoms. The van der Waals surface area contributed by atoms with Gasteiger partial charge in [0, 0.05) is 11.3 Å². The summed E-state index contributed by atoms with van der Waals surface area (Å²) in [6.45, 7) is 0. The summed E-state index contributed by atoms with van der Waals surface area (Å²) in [5, 5.41) is 11.9. The van der Waals surface area contributed by atoms with E-state index in [0.29, 0.717) is 5.56 Å². The van der Waals surface area contributed by atoms with Crippen LogP contribution in [0.5, 0.6) is 0 Å². The van der Waals surface area contributed by atoms with Crippen LogP contribution in [0.2, 0.25) is 0 Å². The van der Waals surface area contributed by atoms with Crippen molar-refractivity contribution in [3.63, 3.8) is 0 Å². The average molecular weight is 410 g/mol. The topological polar surface area (TPSA) is 113 Å². The number of aliphatic carboxylic acids is 1. The highest BCUT2D eigenvalue weighted by Crippen LogP contribution is 2.18. The number of hydrogen-bond acceptors (Lipinski definition) is 4. The molecule has 0 aliphatic carbocycles. The first-order valence-electron chi connectivity index (χ1n) is 8.63. The third-order valence-corrected chi connectivity index (χ3v) is 5.51. The predicted octanol–water partition coefficient (Wildman–Crippen LogP) is 3.04. The van der Waals surface area contributed by atoms with Crippen molar-refractivity contribution < 1.29 is 23.1 Å². The lowest BCUT2D eigenvalue weighted by molar-refractivity contribution is -0.139. The van der Waals surface area contributed by atoms with Gasteiger partial charge < -0.3 is 10.4 Å². The molecule has 0 heterocycles. The Kier molecular flexibility index (Phi) is 5.94. The van der Waals surface area contributed by atoms with Crippen LogP contribution >= 0.6 is 0 Å². The van der Waals surface area contributed by atoms with Crippen molar-refractivity contribution in [1.82, 2.24) is 5.32 Å². The van der Waals surface area contributed by atoms with E-state index in [0.717, 1.165) is 0 Å². The van der Waals surface area contributed by atoms with Crippen molar-refractivity contribution in [1.29, 1.82) is 0 Å². The van der Waals surface area contributed by atoms with E-state index in [9.17, 15) is 23.1 Å². The second-order valence-electron chi connectivity index (χ2n) is 6.15. The van der Waals surface area contributed by atoms with Gasteiger partial charge in [-0.1, -0.05) is 48.5 Å². The Morgan fingerprint density at radius 1 is 0.793 bits per heavy atom. The minimum absolute atomic E-state index is 0.119. The zero-order chi connectivity index (χ0) is 20.9. The van der Waals surface area contributed by atoms with Crippen molar-refractivity contribution in [3.8, 4) is 0 Å². The van der Waals surface area contributed by atoms with Crippen LogP contribution in [0.4, 0.5) is 5.69 Å². The van der Waals surface area contributed by atoms with Crippen LogP contribution in [0.25, 0.3) is 0 Å². The number of sulfonamides is 1. The van der Waals surface area contributed by atoms with Crippen molar-refractivity contribution in [2.75, 3.05) is 4.72 Å². The number of carbonyl (C=O) groups is 2. The van der Waals surface area contributed by atoms with Crippen molar-refractivity contribution >= 4 is 27.6 Å². The van der Waals surface area contributed by atoms with Gasteiger partial charge in [-0.05, 0) is 42.0 Å². The SMILES string of the molecule is O=C(NC(C(=O)O)c1ccccc1)c1ccc(NS(=O)(=O)c2ccccc2)cc1. The van der Waals surface area contributed by atoms with E-state index in [1.54, 1.807) is 48.5 Å². The highest BCUT2D eigenvalue weighted by atomic mass is 32.2. The van der Waals surface area contributed by atoms with E-state index in [1.807, 2.05) is 0 Å². The summed E-state index contributed by atoms with van der Waals surface area (Å²) in [6.07, 6.45) is 0. The zero-order valence-corrected chi connectivity index (χ0v) is 16.0. The molecule has 0 aromatic heterocycles. The fourth-order valence-corrected chi connectivity index (χ4v) is 3.73. The number of anilines is 1.